The molecule has 2 heterocycles. The van der Waals surface area contributed by atoms with Crippen LogP contribution in [-0.4, -0.2) is 36.8 Å². The van der Waals surface area contributed by atoms with Crippen molar-refractivity contribution in [1.29, 1.82) is 5.26 Å². The van der Waals surface area contributed by atoms with E-state index in [2.05, 4.69) is 20.4 Å². The van der Waals surface area contributed by atoms with Crippen LogP contribution >= 0.6 is 11.3 Å². The number of hydrogen-bond acceptors (Lipinski definition) is 7. The van der Waals surface area contributed by atoms with E-state index in [1.807, 2.05) is 6.07 Å². The van der Waals surface area contributed by atoms with Gasteiger partial charge in [0.1, 0.15) is 39.8 Å². The minimum atomic E-state index is -4.99. The monoisotopic (exact) mass is 548 g/mol. The van der Waals surface area contributed by atoms with E-state index < -0.39 is 58.0 Å². The standard InChI is InChI=1S/C24H17F5N6O2S/c1-13(23(37,10-35-12-31-11-32-35)17-7-6-16(25)8-18(17)26)33-21(36)19-20(24(27,28)29)34-22(38-19)15-4-2-14(9-30)3-5-15/h2-8,11-13,37H,10H2,1H3,(H,33,36)/t13-,23-/m1/s1. The molecule has 38 heavy (non-hydrogen) atoms. The summed E-state index contributed by atoms with van der Waals surface area (Å²) in [6.07, 6.45) is -2.64. The van der Waals surface area contributed by atoms with Crippen LogP contribution in [0.1, 0.15) is 33.4 Å². The van der Waals surface area contributed by atoms with Crippen LogP contribution in [0.25, 0.3) is 10.6 Å². The molecule has 0 fully saturated rings. The fourth-order valence-electron chi connectivity index (χ4n) is 3.72. The number of nitrogens with one attached hydrogen (secondary N) is 1. The molecule has 0 unspecified atom stereocenters. The molecule has 2 aromatic carbocycles. The molecular formula is C24H17F5N6O2S. The maximum Gasteiger partial charge on any atom is 0.435 e. The number of carbonyl (C=O) groups excluding carboxylic acids is 1. The summed E-state index contributed by atoms with van der Waals surface area (Å²) in [6, 6.07) is 8.48. The molecule has 0 aliphatic carbocycles. The summed E-state index contributed by atoms with van der Waals surface area (Å²) in [5.74, 6) is -3.27. The van der Waals surface area contributed by atoms with Crippen LogP contribution in [0.4, 0.5) is 22.0 Å². The van der Waals surface area contributed by atoms with Gasteiger partial charge in [-0.2, -0.15) is 23.5 Å². The number of thiazole rings is 1. The van der Waals surface area contributed by atoms with Crippen molar-refractivity contribution in [2.45, 2.75) is 31.3 Å². The molecule has 0 spiro atoms. The number of halogens is 5. The van der Waals surface area contributed by atoms with Crippen molar-refractivity contribution in [2.24, 2.45) is 0 Å². The van der Waals surface area contributed by atoms with Crippen LogP contribution in [-0.2, 0) is 18.3 Å². The van der Waals surface area contributed by atoms with Gasteiger partial charge in [-0.3, -0.25) is 4.79 Å². The van der Waals surface area contributed by atoms with Crippen molar-refractivity contribution in [3.8, 4) is 16.6 Å². The van der Waals surface area contributed by atoms with Gasteiger partial charge in [0.25, 0.3) is 5.91 Å². The van der Waals surface area contributed by atoms with E-state index in [0.29, 0.717) is 17.4 Å². The van der Waals surface area contributed by atoms with Crippen LogP contribution in [0.5, 0.6) is 0 Å². The summed E-state index contributed by atoms with van der Waals surface area (Å²) in [7, 11) is 0. The summed E-state index contributed by atoms with van der Waals surface area (Å²) in [5, 5.41) is 26.5. The third-order valence-electron chi connectivity index (χ3n) is 5.69. The molecule has 8 nitrogen and oxygen atoms in total. The lowest BCUT2D eigenvalue weighted by molar-refractivity contribution is -0.141. The molecule has 0 radical (unpaired) electrons. The zero-order chi connectivity index (χ0) is 27.7. The number of benzene rings is 2. The second-order valence-corrected chi connectivity index (χ2v) is 9.22. The van der Waals surface area contributed by atoms with Crippen LogP contribution in [0.15, 0.2) is 55.1 Å². The second kappa shape index (κ2) is 10.3. The first-order valence-electron chi connectivity index (χ1n) is 10.8. The van der Waals surface area contributed by atoms with E-state index in [1.165, 1.54) is 37.5 Å². The number of aromatic nitrogens is 4. The zero-order valence-corrected chi connectivity index (χ0v) is 20.2. The maximum absolute atomic E-state index is 14.7. The van der Waals surface area contributed by atoms with E-state index >= 15 is 0 Å². The van der Waals surface area contributed by atoms with Gasteiger partial charge in [0.15, 0.2) is 5.69 Å². The van der Waals surface area contributed by atoms with Gasteiger partial charge in [0.05, 0.1) is 24.2 Å². The van der Waals surface area contributed by atoms with Crippen LogP contribution in [0.3, 0.4) is 0 Å². The molecule has 4 aromatic rings. The Bertz CT molecular complexity index is 1500. The maximum atomic E-state index is 14.7. The third kappa shape index (κ3) is 5.38. The quantitative estimate of drug-likeness (QED) is 0.333. The average molecular weight is 548 g/mol. The number of amides is 1. The Morgan fingerprint density at radius 2 is 1.92 bits per heavy atom. The van der Waals surface area contributed by atoms with Crippen molar-refractivity contribution >= 4 is 17.2 Å². The number of carbonyl (C=O) groups is 1. The second-order valence-electron chi connectivity index (χ2n) is 8.22. The Kier molecular flexibility index (Phi) is 7.25. The van der Waals surface area contributed by atoms with Crippen LogP contribution in [0, 0.1) is 23.0 Å². The van der Waals surface area contributed by atoms with Crippen molar-refractivity contribution in [3.63, 3.8) is 0 Å². The summed E-state index contributed by atoms with van der Waals surface area (Å²) in [4.78, 5) is 19.7. The van der Waals surface area contributed by atoms with Gasteiger partial charge in [0, 0.05) is 17.2 Å². The van der Waals surface area contributed by atoms with E-state index in [4.69, 9.17) is 5.26 Å². The highest BCUT2D eigenvalue weighted by molar-refractivity contribution is 7.17. The Morgan fingerprint density at radius 1 is 1.21 bits per heavy atom. The minimum absolute atomic E-state index is 0.123. The highest BCUT2D eigenvalue weighted by Gasteiger charge is 2.43. The molecule has 0 bridgehead atoms. The molecule has 0 saturated carbocycles. The van der Waals surface area contributed by atoms with E-state index in [1.54, 1.807) is 0 Å². The lowest BCUT2D eigenvalue weighted by Crippen LogP contribution is -2.52. The van der Waals surface area contributed by atoms with Crippen molar-refractivity contribution in [1.82, 2.24) is 25.1 Å². The Labute approximate surface area is 216 Å². The molecule has 2 atom stereocenters. The van der Waals surface area contributed by atoms with Gasteiger partial charge in [-0.1, -0.05) is 18.2 Å². The van der Waals surface area contributed by atoms with E-state index in [0.717, 1.165) is 23.1 Å². The topological polar surface area (TPSA) is 117 Å². The molecule has 1 amide bonds. The third-order valence-corrected chi connectivity index (χ3v) is 6.80. The van der Waals surface area contributed by atoms with Gasteiger partial charge < -0.3 is 10.4 Å². The highest BCUT2D eigenvalue weighted by Crippen LogP contribution is 2.38. The number of hydrogen-bond donors (Lipinski definition) is 2. The summed E-state index contributed by atoms with van der Waals surface area (Å²) in [6.45, 7) is 0.787. The minimum Gasteiger partial charge on any atom is -0.381 e. The lowest BCUT2D eigenvalue weighted by Gasteiger charge is -2.35. The fourth-order valence-corrected chi connectivity index (χ4v) is 4.71. The molecule has 2 N–H and O–H groups in total. The van der Waals surface area contributed by atoms with Crippen molar-refractivity contribution in [3.05, 3.63) is 88.5 Å². The number of alkyl halides is 3. The molecule has 0 saturated heterocycles. The molecule has 2 aromatic heterocycles. The highest BCUT2D eigenvalue weighted by atomic mass is 32.1. The Morgan fingerprint density at radius 3 is 2.50 bits per heavy atom. The Balaban J connectivity index is 1.70. The van der Waals surface area contributed by atoms with Crippen LogP contribution in [0.2, 0.25) is 0 Å². The van der Waals surface area contributed by atoms with Crippen molar-refractivity contribution in [2.75, 3.05) is 0 Å². The summed E-state index contributed by atoms with van der Waals surface area (Å²) < 4.78 is 70.8. The number of nitrogens with zero attached hydrogens (tertiary/aromatic N) is 5. The largest absolute Gasteiger partial charge is 0.435 e. The molecule has 0 aliphatic heterocycles. The van der Waals surface area contributed by atoms with Gasteiger partial charge in [-0.05, 0) is 25.1 Å². The molecule has 14 heteroatoms. The van der Waals surface area contributed by atoms with Gasteiger partial charge in [-0.25, -0.2) is 23.4 Å². The van der Waals surface area contributed by atoms with E-state index in [-0.39, 0.29) is 16.1 Å². The van der Waals surface area contributed by atoms with Gasteiger partial charge >= 0.3 is 6.18 Å². The summed E-state index contributed by atoms with van der Waals surface area (Å²) in [5.41, 5.74) is -3.60. The smallest absolute Gasteiger partial charge is 0.381 e. The molecule has 0 aliphatic rings. The average Bonchev–Trinajstić information content (AvgIpc) is 3.54. The molecule has 196 valence electrons. The normalized spacial score (nSPS) is 13.9. The lowest BCUT2D eigenvalue weighted by atomic mass is 9.86. The first kappa shape index (κ1) is 26.8. The van der Waals surface area contributed by atoms with E-state index in [9.17, 15) is 31.9 Å². The molecular weight excluding hydrogens is 531 g/mol. The first-order valence-corrected chi connectivity index (χ1v) is 11.6. The molecule has 4 rings (SSSR count). The number of rotatable bonds is 7. The number of nitriles is 1. The predicted molar refractivity (Wildman–Crippen MR) is 124 cm³/mol. The SMILES string of the molecule is C[C@@H](NC(=O)c1sc(-c2ccc(C#N)cc2)nc1C(F)(F)F)[C@](O)(Cn1cncn1)c1ccc(F)cc1F. The van der Waals surface area contributed by atoms with Crippen molar-refractivity contribution < 1.29 is 31.9 Å². The van der Waals surface area contributed by atoms with Crippen LogP contribution < -0.4 is 5.32 Å². The Hall–Kier alpha value is -4.22. The van der Waals surface area contributed by atoms with Gasteiger partial charge in [0.2, 0.25) is 0 Å². The first-order chi connectivity index (χ1) is 17.9. The zero-order valence-electron chi connectivity index (χ0n) is 19.4. The van der Waals surface area contributed by atoms with Gasteiger partial charge in [-0.15, -0.1) is 11.3 Å². The predicted octanol–water partition coefficient (Wildman–Crippen LogP) is 4.28. The summed E-state index contributed by atoms with van der Waals surface area (Å²) >= 11 is 0.461. The fraction of sp³-hybridized carbons (Fsp3) is 0.208. The number of aliphatic hydroxyl groups is 1.